The summed E-state index contributed by atoms with van der Waals surface area (Å²) in [6.07, 6.45) is -0.191. The third-order valence-corrected chi connectivity index (χ3v) is 7.45. The first-order valence-electron chi connectivity index (χ1n) is 12.8. The molecule has 5 rings (SSSR count). The summed E-state index contributed by atoms with van der Waals surface area (Å²) >= 11 is 0. The Bertz CT molecular complexity index is 1480. The Morgan fingerprint density at radius 2 is 2.03 bits per heavy atom. The van der Waals surface area contributed by atoms with Crippen LogP contribution in [0.25, 0.3) is 16.6 Å². The number of aryl methyl sites for hydroxylation is 1. The van der Waals surface area contributed by atoms with Gasteiger partial charge in [-0.2, -0.15) is 13.2 Å². The molecule has 206 valence electrons. The van der Waals surface area contributed by atoms with Gasteiger partial charge in [-0.3, -0.25) is 15.1 Å². The zero-order chi connectivity index (χ0) is 27.9. The molecular formula is C28H30F4N6O. The molecule has 2 aliphatic rings. The minimum Gasteiger partial charge on any atom is -0.396 e. The van der Waals surface area contributed by atoms with Crippen molar-refractivity contribution in [2.75, 3.05) is 5.73 Å². The lowest BCUT2D eigenvalue weighted by Crippen LogP contribution is -2.56. The number of nitrogen functional groups attached to an aromatic ring is 1. The fourth-order valence-corrected chi connectivity index (χ4v) is 5.48. The number of aromatic amines is 1. The number of hydrogen-bond acceptors (Lipinski definition) is 5. The van der Waals surface area contributed by atoms with E-state index in [1.54, 1.807) is 12.3 Å². The van der Waals surface area contributed by atoms with Gasteiger partial charge in [0.15, 0.2) is 6.29 Å². The van der Waals surface area contributed by atoms with E-state index in [0.717, 1.165) is 36.2 Å². The zero-order valence-corrected chi connectivity index (χ0v) is 21.5. The number of benzene rings is 2. The van der Waals surface area contributed by atoms with Crippen molar-refractivity contribution in [1.82, 2.24) is 20.9 Å². The minimum atomic E-state index is -4.60. The summed E-state index contributed by atoms with van der Waals surface area (Å²) in [6.45, 7) is 3.80. The second kappa shape index (κ2) is 10.0. The molecule has 1 aromatic heterocycles. The summed E-state index contributed by atoms with van der Waals surface area (Å²) in [6, 6.07) is 9.27. The first-order chi connectivity index (χ1) is 18.4. The van der Waals surface area contributed by atoms with Crippen LogP contribution in [0, 0.1) is 12.7 Å². The number of carbonyl (C=O) groups is 1. The average Bonchev–Trinajstić information content (AvgIpc) is 3.30. The molecular weight excluding hydrogens is 512 g/mol. The first kappa shape index (κ1) is 26.7. The Kier molecular flexibility index (Phi) is 6.88. The summed E-state index contributed by atoms with van der Waals surface area (Å²) in [5, 5.41) is 9.97. The third kappa shape index (κ3) is 5.49. The molecule has 2 aromatic carbocycles. The molecule has 1 aliphatic heterocycles. The number of hydrogen-bond donors (Lipinski definition) is 5. The van der Waals surface area contributed by atoms with Crippen molar-refractivity contribution in [1.29, 1.82) is 0 Å². The molecule has 7 nitrogen and oxygen atoms in total. The number of alkyl halides is 3. The van der Waals surface area contributed by atoms with Crippen molar-refractivity contribution in [3.63, 3.8) is 0 Å². The highest BCUT2D eigenvalue weighted by molar-refractivity contribution is 6.01. The number of nitrogens with zero attached hydrogens (tertiary/aromatic N) is 1. The summed E-state index contributed by atoms with van der Waals surface area (Å²) in [4.78, 5) is 20.0. The largest absolute Gasteiger partial charge is 0.419 e. The number of amides is 1. The van der Waals surface area contributed by atoms with Gasteiger partial charge < -0.3 is 21.4 Å². The van der Waals surface area contributed by atoms with Crippen LogP contribution in [0.5, 0.6) is 0 Å². The van der Waals surface area contributed by atoms with Crippen LogP contribution < -0.4 is 21.7 Å². The maximum atomic E-state index is 14.0. The van der Waals surface area contributed by atoms with Gasteiger partial charge in [0.1, 0.15) is 5.82 Å². The van der Waals surface area contributed by atoms with Crippen molar-refractivity contribution in [2.24, 2.45) is 4.99 Å². The van der Waals surface area contributed by atoms with Gasteiger partial charge >= 0.3 is 6.18 Å². The quantitative estimate of drug-likeness (QED) is 0.227. The molecule has 0 radical (unpaired) electrons. The van der Waals surface area contributed by atoms with E-state index in [4.69, 9.17) is 5.73 Å². The maximum absolute atomic E-state index is 14.0. The van der Waals surface area contributed by atoms with Crippen molar-refractivity contribution >= 4 is 34.4 Å². The van der Waals surface area contributed by atoms with Crippen LogP contribution in [0.2, 0.25) is 0 Å². The molecule has 0 bridgehead atoms. The van der Waals surface area contributed by atoms with Gasteiger partial charge in [-0.25, -0.2) is 4.39 Å². The number of fused-ring (bicyclic) bond motifs is 1. The second-order valence-corrected chi connectivity index (χ2v) is 10.5. The average molecular weight is 543 g/mol. The van der Waals surface area contributed by atoms with Crippen LogP contribution in [0.1, 0.15) is 54.1 Å². The highest BCUT2D eigenvalue weighted by Gasteiger charge is 2.40. The molecule has 11 heteroatoms. The highest BCUT2D eigenvalue weighted by Crippen LogP contribution is 2.36. The molecule has 1 aliphatic carbocycles. The Morgan fingerprint density at radius 3 is 2.77 bits per heavy atom. The molecule has 6 N–H and O–H groups in total. The van der Waals surface area contributed by atoms with E-state index in [-0.39, 0.29) is 23.0 Å². The van der Waals surface area contributed by atoms with E-state index in [2.05, 4.69) is 25.9 Å². The number of aliphatic imine (C=N–C) groups is 1. The normalized spacial score (nSPS) is 23.6. The molecule has 39 heavy (non-hydrogen) atoms. The number of rotatable bonds is 5. The lowest BCUT2D eigenvalue weighted by atomic mass is 9.80. The van der Waals surface area contributed by atoms with Crippen LogP contribution in [-0.2, 0) is 0 Å². The minimum absolute atomic E-state index is 0.0369. The number of anilines is 1. The summed E-state index contributed by atoms with van der Waals surface area (Å²) in [5.74, 6) is -1.08. The summed E-state index contributed by atoms with van der Waals surface area (Å²) in [5.41, 5.74) is 6.25. The number of H-pyrrole nitrogens is 1. The van der Waals surface area contributed by atoms with Crippen molar-refractivity contribution in [2.45, 2.75) is 63.6 Å². The SMILES string of the molecule is Cc1cccc2c(C3=C(C(F)(F)F)C=NC(N[C@@H]4CCC[C@](C)(NC(=O)c5ccc(N)c(F)c5)C4)N3)c[nH]c12. The number of nitrogens with two attached hydrogens (primary N) is 1. The van der Waals surface area contributed by atoms with Crippen LogP contribution in [-0.4, -0.2) is 41.2 Å². The van der Waals surface area contributed by atoms with Crippen LogP contribution in [0.3, 0.4) is 0 Å². The van der Waals surface area contributed by atoms with Gasteiger partial charge in [-0.05, 0) is 63.3 Å². The zero-order valence-electron chi connectivity index (χ0n) is 21.5. The number of nitrogens with one attached hydrogen (secondary N) is 4. The summed E-state index contributed by atoms with van der Waals surface area (Å²) < 4.78 is 55.8. The molecule has 1 amide bonds. The Balaban J connectivity index is 1.32. The van der Waals surface area contributed by atoms with Crippen LogP contribution >= 0.6 is 0 Å². The fraction of sp³-hybridized carbons (Fsp3) is 0.357. The van der Waals surface area contributed by atoms with Gasteiger partial charge in [0.25, 0.3) is 5.91 Å². The topological polar surface area (TPSA) is 107 Å². The first-order valence-corrected chi connectivity index (χ1v) is 12.8. The van der Waals surface area contributed by atoms with Gasteiger partial charge in [0.05, 0.1) is 17.0 Å². The predicted octanol–water partition coefficient (Wildman–Crippen LogP) is 5.15. The Labute approximate surface area is 222 Å². The molecule has 1 saturated carbocycles. The van der Waals surface area contributed by atoms with Crippen LogP contribution in [0.15, 0.2) is 53.2 Å². The van der Waals surface area contributed by atoms with Gasteiger partial charge in [0, 0.05) is 46.0 Å². The molecule has 2 heterocycles. The van der Waals surface area contributed by atoms with E-state index in [9.17, 15) is 22.4 Å². The lowest BCUT2D eigenvalue weighted by molar-refractivity contribution is -0.0855. The van der Waals surface area contributed by atoms with E-state index >= 15 is 0 Å². The standard InChI is InChI=1S/C28H30F4N6O/c1-15-5-3-7-18-19(13-34-23(15)18)24-20(28(30,31)32)14-35-26(37-24)36-17-6-4-10-27(2,12-17)38-25(39)16-8-9-22(33)21(29)11-16/h3,5,7-9,11,13-14,17,26,34,36-37H,4,6,10,12,33H2,1-2H3,(H,38,39)/t17-,26?,27+/m1/s1. The lowest BCUT2D eigenvalue weighted by Gasteiger charge is -2.40. The monoisotopic (exact) mass is 542 g/mol. The second-order valence-electron chi connectivity index (χ2n) is 10.5. The molecule has 1 unspecified atom stereocenters. The van der Waals surface area contributed by atoms with Gasteiger partial charge in [-0.1, -0.05) is 18.2 Å². The Hall–Kier alpha value is -3.86. The smallest absolute Gasteiger partial charge is 0.396 e. The third-order valence-electron chi connectivity index (χ3n) is 7.45. The highest BCUT2D eigenvalue weighted by atomic mass is 19.4. The molecule has 3 aromatic rings. The molecule has 0 spiro atoms. The number of aromatic nitrogens is 1. The molecule has 1 fully saturated rings. The van der Waals surface area contributed by atoms with Crippen molar-refractivity contribution in [3.8, 4) is 0 Å². The fourth-order valence-electron chi connectivity index (χ4n) is 5.48. The molecule has 3 atom stereocenters. The number of allylic oxidation sites excluding steroid dienone is 1. The number of halogens is 4. The van der Waals surface area contributed by atoms with E-state index in [1.807, 2.05) is 26.0 Å². The maximum Gasteiger partial charge on any atom is 0.419 e. The van der Waals surface area contributed by atoms with Crippen molar-refractivity contribution < 1.29 is 22.4 Å². The number of carbonyl (C=O) groups excluding carboxylic acids is 1. The van der Waals surface area contributed by atoms with Gasteiger partial charge in [0.2, 0.25) is 0 Å². The van der Waals surface area contributed by atoms with E-state index in [0.29, 0.717) is 23.8 Å². The van der Waals surface area contributed by atoms with Crippen molar-refractivity contribution in [3.05, 3.63) is 70.7 Å². The van der Waals surface area contributed by atoms with Gasteiger partial charge in [-0.15, -0.1) is 0 Å². The van der Waals surface area contributed by atoms with Crippen LogP contribution in [0.4, 0.5) is 23.2 Å². The Morgan fingerprint density at radius 1 is 1.23 bits per heavy atom. The van der Waals surface area contributed by atoms with E-state index in [1.165, 1.54) is 12.1 Å². The number of para-hydroxylation sites is 1. The summed E-state index contributed by atoms with van der Waals surface area (Å²) in [7, 11) is 0. The van der Waals surface area contributed by atoms with E-state index < -0.39 is 35.3 Å². The predicted molar refractivity (Wildman–Crippen MR) is 144 cm³/mol. The molecule has 0 saturated heterocycles.